The molecule has 0 spiro atoms. The number of rotatable bonds is 5. The van der Waals surface area contributed by atoms with Crippen molar-refractivity contribution in [1.29, 1.82) is 0 Å². The number of aromatic amines is 1. The Morgan fingerprint density at radius 3 is 2.72 bits per heavy atom. The zero-order chi connectivity index (χ0) is 20.5. The van der Waals surface area contributed by atoms with Gasteiger partial charge in [-0.1, -0.05) is 12.1 Å². The lowest BCUT2D eigenvalue weighted by Gasteiger charge is -2.10. The van der Waals surface area contributed by atoms with E-state index in [1.54, 1.807) is 12.1 Å². The summed E-state index contributed by atoms with van der Waals surface area (Å²) in [5, 5.41) is 14.0. The van der Waals surface area contributed by atoms with E-state index < -0.39 is 6.04 Å². The third-order valence-electron chi connectivity index (χ3n) is 5.18. The lowest BCUT2D eigenvalue weighted by Crippen LogP contribution is -2.39. The van der Waals surface area contributed by atoms with Gasteiger partial charge in [0.1, 0.15) is 17.7 Å². The minimum Gasteiger partial charge on any atom is -0.292 e. The predicted octanol–water partition coefficient (Wildman–Crippen LogP) is 1.43. The highest BCUT2D eigenvalue weighted by atomic mass is 19.1. The Bertz CT molecular complexity index is 1030. The van der Waals surface area contributed by atoms with Crippen molar-refractivity contribution in [3.05, 3.63) is 58.4 Å². The minimum atomic E-state index is -0.418. The summed E-state index contributed by atoms with van der Waals surface area (Å²) in [4.78, 5) is 16.9. The molecule has 1 saturated heterocycles. The van der Waals surface area contributed by atoms with E-state index in [0.717, 1.165) is 22.5 Å². The number of halogens is 1. The molecule has 0 bridgehead atoms. The highest BCUT2D eigenvalue weighted by Crippen LogP contribution is 2.27. The molecule has 4 rings (SSSR count). The Kier molecular flexibility index (Phi) is 5.12. The smallest absolute Gasteiger partial charge is 0.248 e. The molecule has 10 heteroatoms. The molecule has 2 aromatic heterocycles. The van der Waals surface area contributed by atoms with Gasteiger partial charge in [0.2, 0.25) is 11.9 Å². The molecule has 4 N–H and O–H groups in total. The van der Waals surface area contributed by atoms with Crippen LogP contribution >= 0.6 is 0 Å². The fourth-order valence-corrected chi connectivity index (χ4v) is 3.63. The van der Waals surface area contributed by atoms with Crippen LogP contribution in [0.1, 0.15) is 40.8 Å². The van der Waals surface area contributed by atoms with E-state index in [1.165, 1.54) is 12.1 Å². The van der Waals surface area contributed by atoms with E-state index in [9.17, 15) is 9.18 Å². The van der Waals surface area contributed by atoms with E-state index in [2.05, 4.69) is 36.4 Å². The highest BCUT2D eigenvalue weighted by molar-refractivity contribution is 5.93. The Balaban J connectivity index is 1.36. The zero-order valence-electron chi connectivity index (χ0n) is 16.5. The maximum Gasteiger partial charge on any atom is 0.248 e. The minimum absolute atomic E-state index is 0.000584. The van der Waals surface area contributed by atoms with Crippen molar-refractivity contribution in [2.24, 2.45) is 7.05 Å². The monoisotopic (exact) mass is 398 g/mol. The number of hydrazine groups is 1. The molecule has 0 radical (unpaired) electrons. The van der Waals surface area contributed by atoms with E-state index in [4.69, 9.17) is 0 Å². The van der Waals surface area contributed by atoms with Crippen LogP contribution in [0.25, 0.3) is 0 Å². The summed E-state index contributed by atoms with van der Waals surface area (Å²) in [6.07, 6.45) is 1.06. The molecule has 29 heavy (non-hydrogen) atoms. The van der Waals surface area contributed by atoms with Crippen LogP contribution in [0, 0.1) is 19.7 Å². The van der Waals surface area contributed by atoms with E-state index in [0.29, 0.717) is 18.7 Å². The van der Waals surface area contributed by atoms with E-state index >= 15 is 0 Å². The topological polar surface area (TPSA) is 113 Å². The molecule has 3 heterocycles. The number of benzene rings is 1. The number of aryl methyl sites for hydroxylation is 2. The number of hydrogen-bond acceptors (Lipinski definition) is 6. The first kappa shape index (κ1) is 19.2. The quantitative estimate of drug-likeness (QED) is 0.517. The number of anilines is 1. The second-order valence-corrected chi connectivity index (χ2v) is 7.24. The van der Waals surface area contributed by atoms with Gasteiger partial charge in [-0.25, -0.2) is 15.2 Å². The Labute approximate surface area is 167 Å². The van der Waals surface area contributed by atoms with Crippen molar-refractivity contribution in [2.45, 2.75) is 38.8 Å². The van der Waals surface area contributed by atoms with Crippen LogP contribution < -0.4 is 16.2 Å². The number of nitrogens with one attached hydrogen (secondary N) is 4. The third-order valence-corrected chi connectivity index (χ3v) is 5.18. The molecule has 1 amide bonds. The molecular weight excluding hydrogens is 375 g/mol. The van der Waals surface area contributed by atoms with Crippen LogP contribution in [0.3, 0.4) is 0 Å². The van der Waals surface area contributed by atoms with Crippen LogP contribution in [-0.4, -0.2) is 36.9 Å². The first-order chi connectivity index (χ1) is 13.9. The second kappa shape index (κ2) is 7.72. The molecule has 1 aliphatic heterocycles. The van der Waals surface area contributed by atoms with Crippen molar-refractivity contribution in [3.8, 4) is 0 Å². The Morgan fingerprint density at radius 2 is 2.03 bits per heavy atom. The van der Waals surface area contributed by atoms with Crippen molar-refractivity contribution in [3.63, 3.8) is 0 Å². The van der Waals surface area contributed by atoms with Crippen molar-refractivity contribution in [1.82, 2.24) is 35.8 Å². The molecule has 0 aliphatic carbocycles. The Hall–Kier alpha value is -3.11. The summed E-state index contributed by atoms with van der Waals surface area (Å²) in [5.41, 5.74) is 10.2. The summed E-state index contributed by atoms with van der Waals surface area (Å²) in [7, 11) is 1.91. The first-order valence-corrected chi connectivity index (χ1v) is 9.38. The summed E-state index contributed by atoms with van der Waals surface area (Å²) in [5.74, 6) is 0.299. The normalized spacial score (nSPS) is 18.9. The number of nitrogens with zero attached hydrogens (tertiary/aromatic N) is 4. The largest absolute Gasteiger partial charge is 0.292 e. The van der Waals surface area contributed by atoms with Gasteiger partial charge in [0, 0.05) is 24.7 Å². The fraction of sp³-hybridized carbons (Fsp3) is 0.368. The molecule has 1 aliphatic rings. The maximum absolute atomic E-state index is 13.0. The molecule has 3 aromatic rings. The van der Waals surface area contributed by atoms with Crippen LogP contribution in [0.2, 0.25) is 0 Å². The number of H-pyrrole nitrogens is 1. The average Bonchev–Trinajstić information content (AvgIpc) is 3.38. The summed E-state index contributed by atoms with van der Waals surface area (Å²) >= 11 is 0. The van der Waals surface area contributed by atoms with Crippen LogP contribution in [0.15, 0.2) is 24.3 Å². The highest BCUT2D eigenvalue weighted by Gasteiger charge is 2.33. The van der Waals surface area contributed by atoms with Crippen LogP contribution in [0.4, 0.5) is 10.3 Å². The maximum atomic E-state index is 13.0. The van der Waals surface area contributed by atoms with Gasteiger partial charge < -0.3 is 0 Å². The molecule has 9 nitrogen and oxygen atoms in total. The van der Waals surface area contributed by atoms with E-state index in [1.807, 2.05) is 25.6 Å². The van der Waals surface area contributed by atoms with Crippen molar-refractivity contribution < 1.29 is 9.18 Å². The molecule has 1 fully saturated rings. The van der Waals surface area contributed by atoms with Gasteiger partial charge >= 0.3 is 0 Å². The van der Waals surface area contributed by atoms with Gasteiger partial charge in [0.15, 0.2) is 0 Å². The number of aromatic nitrogens is 5. The molecule has 2 atom stereocenters. The number of carbonyl (C=O) groups is 1. The molecule has 1 aromatic carbocycles. The van der Waals surface area contributed by atoms with Gasteiger partial charge in [-0.15, -0.1) is 5.10 Å². The lowest BCUT2D eigenvalue weighted by atomic mass is 10.00. The standard InChI is InChI=1S/C19H23FN8O/c1-10-17(11(2)28(3)27-10)14-9-15(24-23-14)18(29)22-19-21-16(25-26-19)8-12-4-6-13(20)7-5-12/h4-7,14-15,23-24H,8-9H2,1-3H3,(H2,21,22,25,26,29). The number of amides is 1. The molecule has 2 unspecified atom stereocenters. The van der Waals surface area contributed by atoms with Crippen molar-refractivity contribution >= 4 is 11.9 Å². The third kappa shape index (κ3) is 4.03. The number of hydrogen-bond donors (Lipinski definition) is 4. The average molecular weight is 398 g/mol. The van der Waals surface area contributed by atoms with E-state index in [-0.39, 0.29) is 23.7 Å². The van der Waals surface area contributed by atoms with Crippen molar-refractivity contribution in [2.75, 3.05) is 5.32 Å². The van der Waals surface area contributed by atoms with Gasteiger partial charge in [-0.3, -0.25) is 19.9 Å². The van der Waals surface area contributed by atoms with Gasteiger partial charge in [-0.2, -0.15) is 10.1 Å². The Morgan fingerprint density at radius 1 is 1.28 bits per heavy atom. The van der Waals surface area contributed by atoms with Crippen LogP contribution in [0.5, 0.6) is 0 Å². The predicted molar refractivity (Wildman–Crippen MR) is 104 cm³/mol. The summed E-state index contributed by atoms with van der Waals surface area (Å²) < 4.78 is 14.8. The number of carbonyl (C=O) groups excluding carboxylic acids is 1. The van der Waals surface area contributed by atoms with Gasteiger partial charge in [0.25, 0.3) is 0 Å². The SMILES string of the molecule is Cc1nn(C)c(C)c1C1CC(C(=O)Nc2n[nH]c(Cc3ccc(F)cc3)n2)NN1. The fourth-order valence-electron chi connectivity index (χ4n) is 3.63. The lowest BCUT2D eigenvalue weighted by molar-refractivity contribution is -0.117. The summed E-state index contributed by atoms with van der Waals surface area (Å²) in [6, 6.07) is 5.75. The van der Waals surface area contributed by atoms with Gasteiger partial charge in [0.05, 0.1) is 11.7 Å². The van der Waals surface area contributed by atoms with Gasteiger partial charge in [-0.05, 0) is 38.0 Å². The zero-order valence-corrected chi connectivity index (χ0v) is 16.5. The summed E-state index contributed by atoms with van der Waals surface area (Å²) in [6.45, 7) is 3.98. The molecule has 0 saturated carbocycles. The second-order valence-electron chi connectivity index (χ2n) is 7.24. The van der Waals surface area contributed by atoms with Crippen LogP contribution in [-0.2, 0) is 18.3 Å². The molecule has 152 valence electrons. The first-order valence-electron chi connectivity index (χ1n) is 9.38. The molecular formula is C19H23FN8O.